The van der Waals surface area contributed by atoms with Crippen LogP contribution in [0.15, 0.2) is 0 Å². The summed E-state index contributed by atoms with van der Waals surface area (Å²) in [5, 5.41) is 3.33. The van der Waals surface area contributed by atoms with Crippen LogP contribution in [0.25, 0.3) is 0 Å². The minimum atomic E-state index is 0.357. The molecule has 1 aliphatic heterocycles. The van der Waals surface area contributed by atoms with E-state index in [1.54, 1.807) is 0 Å². The van der Waals surface area contributed by atoms with Gasteiger partial charge in [-0.15, -0.1) is 11.7 Å². The third-order valence-electron chi connectivity index (χ3n) is 2.84. The lowest BCUT2D eigenvalue weighted by atomic mass is 10.2. The first-order valence-electron chi connectivity index (χ1n) is 6.18. The van der Waals surface area contributed by atoms with Gasteiger partial charge in [-0.1, -0.05) is 30.6 Å². The van der Waals surface area contributed by atoms with Gasteiger partial charge in [0.05, 0.1) is 18.6 Å². The zero-order valence-electron chi connectivity index (χ0n) is 10.2. The Morgan fingerprint density at radius 3 is 3.12 bits per heavy atom. The second kappa shape index (κ2) is 9.59. The molecule has 0 aromatic heterocycles. The Morgan fingerprint density at radius 1 is 1.50 bits per heavy atom. The van der Waals surface area contributed by atoms with Gasteiger partial charge in [-0.25, -0.2) is 0 Å². The summed E-state index contributed by atoms with van der Waals surface area (Å²) >= 11 is 4.10. The number of nitrogens with one attached hydrogen (secondary N) is 1. The molecule has 0 radical (unpaired) electrons. The van der Waals surface area contributed by atoms with E-state index in [-0.39, 0.29) is 0 Å². The van der Waals surface area contributed by atoms with E-state index in [2.05, 4.69) is 28.8 Å². The van der Waals surface area contributed by atoms with Crippen LogP contribution in [0.5, 0.6) is 0 Å². The summed E-state index contributed by atoms with van der Waals surface area (Å²) in [6.45, 7) is 7.48. The zero-order chi connectivity index (χ0) is 11.6. The molecule has 1 saturated heterocycles. The van der Waals surface area contributed by atoms with Crippen LogP contribution in [-0.2, 0) is 4.74 Å². The molecular weight excluding hydrogens is 240 g/mol. The molecule has 1 atom stereocenters. The number of morpholine rings is 1. The van der Waals surface area contributed by atoms with E-state index >= 15 is 0 Å². The molecule has 1 N–H and O–H groups in total. The van der Waals surface area contributed by atoms with Crippen molar-refractivity contribution in [1.29, 1.82) is 0 Å². The van der Waals surface area contributed by atoms with Crippen molar-refractivity contribution in [3.63, 3.8) is 0 Å². The van der Waals surface area contributed by atoms with Gasteiger partial charge in [0.2, 0.25) is 0 Å². The third-order valence-corrected chi connectivity index (χ3v) is 3.56. The highest BCUT2D eigenvalue weighted by atomic mass is 33.1. The minimum absolute atomic E-state index is 0.357. The molecule has 0 unspecified atom stereocenters. The van der Waals surface area contributed by atoms with Crippen molar-refractivity contribution in [2.75, 3.05) is 38.7 Å². The molecule has 0 spiro atoms. The smallest absolute Gasteiger partial charge is 0.0827 e. The largest absolute Gasteiger partial charge is 0.374 e. The number of ether oxygens (including phenoxy) is 1. The van der Waals surface area contributed by atoms with Gasteiger partial charge in [-0.2, -0.15) is 0 Å². The fourth-order valence-electron chi connectivity index (χ4n) is 1.96. The van der Waals surface area contributed by atoms with Gasteiger partial charge >= 0.3 is 0 Å². The van der Waals surface area contributed by atoms with Gasteiger partial charge in [0, 0.05) is 19.6 Å². The molecule has 1 fully saturated rings. The van der Waals surface area contributed by atoms with E-state index in [0.29, 0.717) is 6.10 Å². The lowest BCUT2D eigenvalue weighted by molar-refractivity contribution is -0.0267. The molecule has 0 saturated carbocycles. The van der Waals surface area contributed by atoms with Gasteiger partial charge in [-0.05, 0) is 13.0 Å². The highest BCUT2D eigenvalue weighted by Gasteiger charge is 2.19. The van der Waals surface area contributed by atoms with Crippen molar-refractivity contribution in [3.05, 3.63) is 0 Å². The topological polar surface area (TPSA) is 24.5 Å². The number of nitrogens with zero attached hydrogens (tertiary/aromatic N) is 1. The molecule has 0 bridgehead atoms. The first-order valence-corrected chi connectivity index (χ1v) is 8.21. The van der Waals surface area contributed by atoms with E-state index in [1.165, 1.54) is 36.6 Å². The molecule has 96 valence electrons. The summed E-state index contributed by atoms with van der Waals surface area (Å²) in [7, 11) is 1.52. The van der Waals surface area contributed by atoms with E-state index in [9.17, 15) is 0 Å². The predicted molar refractivity (Wildman–Crippen MR) is 75.2 cm³/mol. The molecule has 0 aromatic rings. The molecule has 1 heterocycles. The maximum Gasteiger partial charge on any atom is 0.0827 e. The predicted octanol–water partition coefficient (Wildman–Crippen LogP) is 2.00. The number of hydrogen-bond donors (Lipinski definition) is 2. The molecule has 0 amide bonds. The molecule has 0 aliphatic carbocycles. The number of hydrogen-bond acceptors (Lipinski definition) is 5. The summed E-state index contributed by atoms with van der Waals surface area (Å²) in [6, 6.07) is 0. The number of thiol groups is 1. The summed E-state index contributed by atoms with van der Waals surface area (Å²) in [4.78, 5) is 2.53. The van der Waals surface area contributed by atoms with E-state index in [1.807, 2.05) is 0 Å². The van der Waals surface area contributed by atoms with Crippen LogP contribution in [0, 0.1) is 0 Å². The van der Waals surface area contributed by atoms with Crippen molar-refractivity contribution in [2.24, 2.45) is 0 Å². The Bertz CT molecular complexity index is 156. The van der Waals surface area contributed by atoms with E-state index in [4.69, 9.17) is 4.74 Å². The molecule has 0 aromatic carbocycles. The normalized spacial score (nSPS) is 22.5. The van der Waals surface area contributed by atoms with Crippen molar-refractivity contribution < 1.29 is 4.74 Å². The lowest BCUT2D eigenvalue weighted by Gasteiger charge is -2.33. The number of unbranched alkanes of at least 4 members (excludes halogenated alkanes) is 2. The first kappa shape index (κ1) is 14.6. The van der Waals surface area contributed by atoms with Gasteiger partial charge in [0.25, 0.3) is 0 Å². The summed E-state index contributed by atoms with van der Waals surface area (Å²) in [5.41, 5.74) is 0. The Labute approximate surface area is 108 Å². The van der Waals surface area contributed by atoms with Crippen molar-refractivity contribution in [2.45, 2.75) is 32.3 Å². The average molecular weight is 264 g/mol. The monoisotopic (exact) mass is 264 g/mol. The summed E-state index contributed by atoms with van der Waals surface area (Å²) in [6.07, 6.45) is 4.32. The average Bonchev–Trinajstić information content (AvgIpc) is 2.30. The standard InChI is InChI=1S/C11H24N2OS2/c1-2-3-4-5-13-6-7-14-11(9-13)8-12-10-16-15/h11-12,15H,2-10H2,1H3/t11-/m0/s1. The fourth-order valence-corrected chi connectivity index (χ4v) is 2.44. The minimum Gasteiger partial charge on any atom is -0.374 e. The van der Waals surface area contributed by atoms with Crippen molar-refractivity contribution in [1.82, 2.24) is 10.2 Å². The van der Waals surface area contributed by atoms with E-state index in [0.717, 1.165) is 32.1 Å². The highest BCUT2D eigenvalue weighted by molar-refractivity contribution is 8.68. The second-order valence-corrected chi connectivity index (χ2v) is 5.55. The summed E-state index contributed by atoms with van der Waals surface area (Å²) < 4.78 is 5.72. The van der Waals surface area contributed by atoms with Crippen molar-refractivity contribution >= 4 is 22.5 Å². The van der Waals surface area contributed by atoms with Gasteiger partial charge < -0.3 is 10.1 Å². The van der Waals surface area contributed by atoms with Crippen LogP contribution in [0.1, 0.15) is 26.2 Å². The van der Waals surface area contributed by atoms with E-state index < -0.39 is 0 Å². The summed E-state index contributed by atoms with van der Waals surface area (Å²) in [5.74, 6) is 0.888. The highest BCUT2D eigenvalue weighted by Crippen LogP contribution is 2.07. The third kappa shape index (κ3) is 6.35. The van der Waals surface area contributed by atoms with Gasteiger partial charge in [0.15, 0.2) is 0 Å². The maximum atomic E-state index is 5.72. The van der Waals surface area contributed by atoms with Crippen LogP contribution in [-0.4, -0.2) is 49.7 Å². The quantitative estimate of drug-likeness (QED) is 0.303. The van der Waals surface area contributed by atoms with Crippen molar-refractivity contribution in [3.8, 4) is 0 Å². The van der Waals surface area contributed by atoms with Crippen LogP contribution in [0.3, 0.4) is 0 Å². The number of rotatable bonds is 8. The Morgan fingerprint density at radius 2 is 2.38 bits per heavy atom. The lowest BCUT2D eigenvalue weighted by Crippen LogP contribution is -2.46. The van der Waals surface area contributed by atoms with Crippen LogP contribution < -0.4 is 5.32 Å². The van der Waals surface area contributed by atoms with Gasteiger partial charge in [-0.3, -0.25) is 4.90 Å². The molecule has 3 nitrogen and oxygen atoms in total. The SMILES string of the molecule is CCCCCN1CCO[C@@H](CNCSS)C1. The Hall–Kier alpha value is 0.580. The second-order valence-electron chi connectivity index (χ2n) is 4.23. The molecule has 1 rings (SSSR count). The molecule has 5 heteroatoms. The van der Waals surface area contributed by atoms with Crippen LogP contribution >= 0.6 is 22.5 Å². The molecular formula is C11H24N2OS2. The Kier molecular flexibility index (Phi) is 8.78. The molecule has 1 aliphatic rings. The Balaban J connectivity index is 2.09. The van der Waals surface area contributed by atoms with Gasteiger partial charge in [0.1, 0.15) is 0 Å². The molecule has 16 heavy (non-hydrogen) atoms. The maximum absolute atomic E-state index is 5.72. The fraction of sp³-hybridized carbons (Fsp3) is 1.00. The van der Waals surface area contributed by atoms with Crippen LogP contribution in [0.2, 0.25) is 0 Å². The first-order chi connectivity index (χ1) is 7.86. The van der Waals surface area contributed by atoms with Crippen LogP contribution in [0.4, 0.5) is 0 Å². The zero-order valence-corrected chi connectivity index (χ0v) is 11.9.